The summed E-state index contributed by atoms with van der Waals surface area (Å²) >= 11 is 2.69. The molecule has 0 aliphatic carbocycles. The van der Waals surface area contributed by atoms with Gasteiger partial charge in [0.15, 0.2) is 5.96 Å². The molecule has 1 aromatic rings. The Kier molecular flexibility index (Phi) is 4.95. The minimum absolute atomic E-state index is 0.196. The van der Waals surface area contributed by atoms with Gasteiger partial charge in [-0.15, -0.1) is 0 Å². The largest absolute Gasteiger partial charge is 0.417 e. The van der Waals surface area contributed by atoms with Crippen molar-refractivity contribution in [2.45, 2.75) is 12.4 Å². The number of aliphatic imine (C=N–C) groups is 2. The molecule has 0 amide bonds. The van der Waals surface area contributed by atoms with E-state index in [0.29, 0.717) is 0 Å². The molecule has 5 nitrogen and oxygen atoms in total. The first-order valence-corrected chi connectivity index (χ1v) is 6.03. The molecule has 0 saturated heterocycles. The lowest BCUT2D eigenvalue weighted by Gasteiger charge is -2.16. The number of nitrogens with two attached hydrogens (primary N) is 3. The molecule has 0 unspecified atom stereocenters. The van der Waals surface area contributed by atoms with Crippen molar-refractivity contribution in [1.82, 2.24) is 0 Å². The molecule has 122 valence electrons. The third-order valence-corrected chi connectivity index (χ3v) is 2.81. The van der Waals surface area contributed by atoms with Crippen molar-refractivity contribution >= 4 is 33.5 Å². The van der Waals surface area contributed by atoms with Gasteiger partial charge in [-0.2, -0.15) is 31.3 Å². The van der Waals surface area contributed by atoms with Crippen LogP contribution in [0.1, 0.15) is 11.1 Å². The molecule has 0 atom stereocenters. The van der Waals surface area contributed by atoms with Crippen LogP contribution in [0.15, 0.2) is 26.6 Å². The summed E-state index contributed by atoms with van der Waals surface area (Å²) in [5.74, 6) is -1.13. The van der Waals surface area contributed by atoms with Crippen LogP contribution in [0.25, 0.3) is 0 Å². The maximum absolute atomic E-state index is 12.8. The van der Waals surface area contributed by atoms with Gasteiger partial charge in [-0.3, -0.25) is 0 Å². The van der Waals surface area contributed by atoms with E-state index in [1.807, 2.05) is 0 Å². The van der Waals surface area contributed by atoms with Crippen molar-refractivity contribution in [2.75, 3.05) is 0 Å². The molecular formula is C10H8BrF6N5. The predicted octanol–water partition coefficient (Wildman–Crippen LogP) is 2.71. The third kappa shape index (κ3) is 4.51. The normalized spacial score (nSPS) is 13.1. The quantitative estimate of drug-likeness (QED) is 0.389. The lowest BCUT2D eigenvalue weighted by molar-refractivity contribution is -0.162. The van der Waals surface area contributed by atoms with Crippen LogP contribution >= 0.6 is 15.9 Å². The molecule has 0 spiro atoms. The van der Waals surface area contributed by atoms with Gasteiger partial charge in [0.2, 0.25) is 5.96 Å². The van der Waals surface area contributed by atoms with E-state index in [0.717, 1.165) is 0 Å². The maximum atomic E-state index is 12.8. The van der Waals surface area contributed by atoms with E-state index in [2.05, 4.69) is 25.9 Å². The maximum Gasteiger partial charge on any atom is 0.417 e. The molecule has 6 N–H and O–H groups in total. The Labute approximate surface area is 128 Å². The molecule has 1 rings (SSSR count). The molecule has 22 heavy (non-hydrogen) atoms. The fourth-order valence-electron chi connectivity index (χ4n) is 1.40. The zero-order chi connectivity index (χ0) is 17.3. The van der Waals surface area contributed by atoms with E-state index in [1.54, 1.807) is 0 Å². The highest BCUT2D eigenvalue weighted by molar-refractivity contribution is 9.10. The van der Waals surface area contributed by atoms with Crippen LogP contribution < -0.4 is 17.2 Å². The summed E-state index contributed by atoms with van der Waals surface area (Å²) in [6.45, 7) is 0. The summed E-state index contributed by atoms with van der Waals surface area (Å²) in [5.41, 5.74) is 11.0. The van der Waals surface area contributed by atoms with Crippen molar-refractivity contribution in [3.05, 3.63) is 27.7 Å². The SMILES string of the molecule is NC(N)=NC(N)=Nc1cc(C(F)(F)F)c(C(F)(F)F)cc1Br. The molecule has 1 aromatic carbocycles. The molecule has 0 saturated carbocycles. The van der Waals surface area contributed by atoms with E-state index < -0.39 is 41.1 Å². The number of nitrogens with zero attached hydrogens (tertiary/aromatic N) is 2. The summed E-state index contributed by atoms with van der Waals surface area (Å²) in [6, 6.07) is 0.451. The molecule has 0 heterocycles. The number of hydrogen-bond acceptors (Lipinski definition) is 1. The number of rotatable bonds is 1. The van der Waals surface area contributed by atoms with E-state index in [1.165, 1.54) is 0 Å². The van der Waals surface area contributed by atoms with Gasteiger partial charge in [-0.05, 0) is 28.1 Å². The first-order valence-electron chi connectivity index (χ1n) is 5.24. The van der Waals surface area contributed by atoms with Crippen LogP contribution in [-0.2, 0) is 12.4 Å². The van der Waals surface area contributed by atoms with Gasteiger partial charge < -0.3 is 17.2 Å². The third-order valence-electron chi connectivity index (χ3n) is 2.18. The van der Waals surface area contributed by atoms with E-state index in [4.69, 9.17) is 17.2 Å². The van der Waals surface area contributed by atoms with E-state index in [-0.39, 0.29) is 16.6 Å². The van der Waals surface area contributed by atoms with Crippen LogP contribution in [-0.4, -0.2) is 11.9 Å². The molecule has 0 radical (unpaired) electrons. The van der Waals surface area contributed by atoms with Crippen molar-refractivity contribution < 1.29 is 26.3 Å². The minimum Gasteiger partial charge on any atom is -0.370 e. The van der Waals surface area contributed by atoms with Crippen LogP contribution in [0.3, 0.4) is 0 Å². The second-order valence-electron chi connectivity index (χ2n) is 3.85. The molecule has 0 aliphatic rings. The van der Waals surface area contributed by atoms with Crippen molar-refractivity contribution in [3.8, 4) is 0 Å². The molecule has 0 aromatic heterocycles. The summed E-state index contributed by atoms with van der Waals surface area (Å²) in [6.07, 6.45) is -10.4. The smallest absolute Gasteiger partial charge is 0.370 e. The van der Waals surface area contributed by atoms with Gasteiger partial charge in [0, 0.05) is 4.47 Å². The first-order chi connectivity index (χ1) is 9.82. The van der Waals surface area contributed by atoms with Gasteiger partial charge in [0.1, 0.15) is 0 Å². The first kappa shape index (κ1) is 18.1. The Morgan fingerprint density at radius 2 is 1.36 bits per heavy atom. The Bertz CT molecular complexity index is 630. The highest BCUT2D eigenvalue weighted by Crippen LogP contribution is 2.44. The average Bonchev–Trinajstić information content (AvgIpc) is 2.27. The minimum atomic E-state index is -5.24. The fourth-order valence-corrected chi connectivity index (χ4v) is 1.83. The van der Waals surface area contributed by atoms with E-state index >= 15 is 0 Å². The molecule has 0 aliphatic heterocycles. The summed E-state index contributed by atoms with van der Waals surface area (Å²) in [7, 11) is 0. The van der Waals surface area contributed by atoms with Gasteiger partial charge in [-0.25, -0.2) is 4.99 Å². The van der Waals surface area contributed by atoms with Crippen LogP contribution in [0, 0.1) is 0 Å². The Balaban J connectivity index is 3.56. The number of guanidine groups is 2. The van der Waals surface area contributed by atoms with E-state index in [9.17, 15) is 26.3 Å². The Hall–Kier alpha value is -1.98. The highest BCUT2D eigenvalue weighted by Gasteiger charge is 2.43. The molecule has 12 heteroatoms. The standard InChI is InChI=1S/C10H8BrF6N5/c11-5-1-3(9(12,13)14)4(10(15,16)17)2-6(5)21-8(20)22-7(18)19/h1-2H,(H6,18,19,20,21,22). The topological polar surface area (TPSA) is 103 Å². The number of hydrogen-bond donors (Lipinski definition) is 3. The van der Waals surface area contributed by atoms with Gasteiger partial charge >= 0.3 is 12.4 Å². The Morgan fingerprint density at radius 1 is 0.909 bits per heavy atom. The lowest BCUT2D eigenvalue weighted by Crippen LogP contribution is -2.26. The van der Waals surface area contributed by atoms with Crippen LogP contribution in [0.4, 0.5) is 32.0 Å². The van der Waals surface area contributed by atoms with Gasteiger partial charge in [-0.1, -0.05) is 0 Å². The number of halogens is 7. The zero-order valence-electron chi connectivity index (χ0n) is 10.4. The average molecular weight is 392 g/mol. The van der Waals surface area contributed by atoms with Gasteiger partial charge in [0.25, 0.3) is 0 Å². The summed E-state index contributed by atoms with van der Waals surface area (Å²) < 4.78 is 76.0. The second-order valence-corrected chi connectivity index (χ2v) is 4.71. The Morgan fingerprint density at radius 3 is 1.77 bits per heavy atom. The zero-order valence-corrected chi connectivity index (χ0v) is 12.0. The van der Waals surface area contributed by atoms with Crippen molar-refractivity contribution in [3.63, 3.8) is 0 Å². The van der Waals surface area contributed by atoms with Crippen LogP contribution in [0.5, 0.6) is 0 Å². The summed E-state index contributed by atoms with van der Waals surface area (Å²) in [4.78, 5) is 6.68. The number of alkyl halides is 6. The predicted molar refractivity (Wildman–Crippen MR) is 71.2 cm³/mol. The molecule has 0 bridgehead atoms. The van der Waals surface area contributed by atoms with Crippen molar-refractivity contribution in [2.24, 2.45) is 27.2 Å². The molecule has 0 fully saturated rings. The van der Waals surface area contributed by atoms with Crippen LogP contribution in [0.2, 0.25) is 0 Å². The van der Waals surface area contributed by atoms with Gasteiger partial charge in [0.05, 0.1) is 16.8 Å². The number of benzene rings is 1. The second kappa shape index (κ2) is 6.02. The fraction of sp³-hybridized carbons (Fsp3) is 0.200. The molecular weight excluding hydrogens is 384 g/mol. The highest BCUT2D eigenvalue weighted by atomic mass is 79.9. The summed E-state index contributed by atoms with van der Waals surface area (Å²) in [5, 5.41) is 0. The monoisotopic (exact) mass is 391 g/mol. The van der Waals surface area contributed by atoms with Crippen molar-refractivity contribution in [1.29, 1.82) is 0 Å². The lowest BCUT2D eigenvalue weighted by atomic mass is 10.1.